The van der Waals surface area contributed by atoms with Crippen molar-refractivity contribution in [2.45, 2.75) is 19.3 Å². The molecule has 9 heteroatoms. The van der Waals surface area contributed by atoms with E-state index in [1.54, 1.807) is 18.2 Å². The second-order valence-electron chi connectivity index (χ2n) is 6.72. The highest BCUT2D eigenvalue weighted by Gasteiger charge is 2.25. The Bertz CT molecular complexity index is 950. The first kappa shape index (κ1) is 19.3. The Morgan fingerprint density at radius 2 is 1.96 bits per heavy atom. The van der Waals surface area contributed by atoms with Gasteiger partial charge in [-0.2, -0.15) is 0 Å². The molecule has 3 rings (SSSR count). The monoisotopic (exact) mass is 383 g/mol. The van der Waals surface area contributed by atoms with Crippen molar-refractivity contribution in [3.8, 4) is 0 Å². The summed E-state index contributed by atoms with van der Waals surface area (Å²) < 4.78 is 0. The second-order valence-corrected chi connectivity index (χ2v) is 6.72. The number of carboxylic acid groups (broad SMARTS) is 1. The number of hydrogen-bond acceptors (Lipinski definition) is 6. The molecule has 0 bridgehead atoms. The first-order valence-electron chi connectivity index (χ1n) is 8.88. The van der Waals surface area contributed by atoms with E-state index in [1.807, 2.05) is 11.0 Å². The largest absolute Gasteiger partial charge is 0.594 e. The van der Waals surface area contributed by atoms with E-state index in [0.29, 0.717) is 34.9 Å². The first-order valence-corrected chi connectivity index (χ1v) is 8.88. The number of nitrogens with one attached hydrogen (secondary N) is 1. The van der Waals surface area contributed by atoms with Gasteiger partial charge in [-0.25, -0.2) is 9.78 Å². The average Bonchev–Trinajstić information content (AvgIpc) is 2.67. The number of amides is 1. The number of aliphatic carboxylic acids is 1. The van der Waals surface area contributed by atoms with Crippen molar-refractivity contribution in [1.82, 2.24) is 15.4 Å². The number of carboxylic acids is 1. The molecule has 0 spiro atoms. The van der Waals surface area contributed by atoms with Gasteiger partial charge in [0.15, 0.2) is 0 Å². The molecule has 0 saturated carbocycles. The number of benzene rings is 1. The number of rotatable bonds is 6. The fraction of sp³-hybridized carbons (Fsp3) is 0.316. The highest BCUT2D eigenvalue weighted by molar-refractivity contribution is 5.92. The van der Waals surface area contributed by atoms with Crippen LogP contribution in [0.25, 0.3) is 11.0 Å². The van der Waals surface area contributed by atoms with Gasteiger partial charge >= 0.3 is 5.97 Å². The molecule has 1 fully saturated rings. The third-order valence-electron chi connectivity index (χ3n) is 4.77. The lowest BCUT2D eigenvalue weighted by molar-refractivity contribution is -0.641. The molecule has 2 heterocycles. The minimum absolute atomic E-state index is 0.000463. The quantitative estimate of drug-likeness (QED) is 0.332. The van der Waals surface area contributed by atoms with Crippen LogP contribution >= 0.6 is 0 Å². The summed E-state index contributed by atoms with van der Waals surface area (Å²) in [6.45, 7) is 8.14. The highest BCUT2D eigenvalue weighted by Crippen LogP contribution is 2.23. The van der Waals surface area contributed by atoms with Crippen molar-refractivity contribution < 1.29 is 19.5 Å². The molecule has 1 saturated heterocycles. The normalized spacial score (nSPS) is 14.6. The number of piperidine rings is 1. The number of fused-ring (bicyclic) bond motifs is 1. The molecule has 1 aliphatic rings. The fourth-order valence-electron chi connectivity index (χ4n) is 3.14. The number of hydrogen-bond donors (Lipinski definition) is 2. The molecule has 0 unspecified atom stereocenters. The fourth-order valence-corrected chi connectivity index (χ4v) is 3.14. The SMILES string of the molecule is C=C(NC(=O)CC1CCN(c2nc3ccccc3[n+]([O-])n2)CC1)C(=C)C(=O)O. The summed E-state index contributed by atoms with van der Waals surface area (Å²) in [7, 11) is 0. The number of carbonyl (C=O) groups is 2. The van der Waals surface area contributed by atoms with Gasteiger partial charge in [-0.15, -0.1) is 0 Å². The molecule has 146 valence electrons. The minimum Gasteiger partial charge on any atom is -0.594 e. The lowest BCUT2D eigenvalue weighted by atomic mass is 9.93. The summed E-state index contributed by atoms with van der Waals surface area (Å²) >= 11 is 0. The van der Waals surface area contributed by atoms with Gasteiger partial charge in [0.25, 0.3) is 11.5 Å². The van der Waals surface area contributed by atoms with Gasteiger partial charge in [-0.3, -0.25) is 4.79 Å². The molecule has 1 amide bonds. The van der Waals surface area contributed by atoms with Crippen LogP contribution in [0.15, 0.2) is 48.7 Å². The Labute approximate surface area is 161 Å². The van der Waals surface area contributed by atoms with Crippen molar-refractivity contribution in [3.63, 3.8) is 0 Å². The molecule has 1 aromatic heterocycles. The summed E-state index contributed by atoms with van der Waals surface area (Å²) in [6.07, 6.45) is 1.73. The number of aromatic nitrogens is 3. The standard InChI is InChI=1S/C19H21N5O4/c1-12(18(26)27)13(2)20-17(25)11-14-7-9-23(10-8-14)19-21-15-5-3-4-6-16(15)24(28)22-19/h3-6,14H,1-2,7-11H2,(H,20,25)(H,26,27). The van der Waals surface area contributed by atoms with Gasteiger partial charge in [-0.05, 0) is 29.7 Å². The van der Waals surface area contributed by atoms with E-state index in [0.717, 1.165) is 12.8 Å². The van der Waals surface area contributed by atoms with E-state index in [1.165, 1.54) is 0 Å². The summed E-state index contributed by atoms with van der Waals surface area (Å²) in [6, 6.07) is 7.02. The van der Waals surface area contributed by atoms with Gasteiger partial charge in [0.05, 0.1) is 10.7 Å². The molecule has 0 radical (unpaired) electrons. The lowest BCUT2D eigenvalue weighted by Gasteiger charge is -2.31. The van der Waals surface area contributed by atoms with Crippen LogP contribution in [0.4, 0.5) is 5.95 Å². The van der Waals surface area contributed by atoms with Crippen LogP contribution in [0.1, 0.15) is 19.3 Å². The van der Waals surface area contributed by atoms with E-state index < -0.39 is 5.97 Å². The number of nitrogens with zero attached hydrogens (tertiary/aromatic N) is 4. The van der Waals surface area contributed by atoms with Crippen LogP contribution in [0.2, 0.25) is 0 Å². The van der Waals surface area contributed by atoms with Crippen molar-refractivity contribution in [3.05, 3.63) is 53.9 Å². The van der Waals surface area contributed by atoms with Crippen LogP contribution in [0, 0.1) is 11.1 Å². The number of para-hydroxylation sites is 2. The van der Waals surface area contributed by atoms with Crippen molar-refractivity contribution in [2.75, 3.05) is 18.0 Å². The lowest BCUT2D eigenvalue weighted by Crippen LogP contribution is -2.41. The third-order valence-corrected chi connectivity index (χ3v) is 4.77. The molecule has 9 nitrogen and oxygen atoms in total. The zero-order valence-corrected chi connectivity index (χ0v) is 15.3. The maximum atomic E-state index is 12.1. The van der Waals surface area contributed by atoms with Crippen molar-refractivity contribution in [1.29, 1.82) is 0 Å². The predicted molar refractivity (Wildman–Crippen MR) is 102 cm³/mol. The van der Waals surface area contributed by atoms with Gasteiger partial charge in [-0.1, -0.05) is 25.3 Å². The zero-order valence-electron chi connectivity index (χ0n) is 15.3. The van der Waals surface area contributed by atoms with E-state index >= 15 is 0 Å². The van der Waals surface area contributed by atoms with Gasteiger partial charge in [0.2, 0.25) is 5.91 Å². The Balaban J connectivity index is 1.56. The Hall–Kier alpha value is -3.49. The zero-order chi connectivity index (χ0) is 20.3. The molecule has 2 aromatic rings. The molecule has 0 atom stereocenters. The molecule has 0 aliphatic carbocycles. The van der Waals surface area contributed by atoms with Crippen molar-refractivity contribution >= 4 is 28.9 Å². The number of anilines is 1. The molecular formula is C19H21N5O4. The van der Waals surface area contributed by atoms with Crippen LogP contribution in [0.3, 0.4) is 0 Å². The van der Waals surface area contributed by atoms with E-state index in [9.17, 15) is 14.8 Å². The summed E-state index contributed by atoms with van der Waals surface area (Å²) in [4.78, 5) is 29.9. The molecule has 1 aromatic carbocycles. The summed E-state index contributed by atoms with van der Waals surface area (Å²) in [5.74, 6) is -0.987. The topological polar surface area (TPSA) is 122 Å². The minimum atomic E-state index is -1.22. The van der Waals surface area contributed by atoms with Gasteiger partial charge < -0.3 is 20.5 Å². The molecule has 28 heavy (non-hydrogen) atoms. The van der Waals surface area contributed by atoms with Gasteiger partial charge in [0, 0.05) is 31.3 Å². The molecular weight excluding hydrogens is 362 g/mol. The van der Waals surface area contributed by atoms with Gasteiger partial charge in [0.1, 0.15) is 5.52 Å². The van der Waals surface area contributed by atoms with Crippen LogP contribution < -0.4 is 15.1 Å². The first-order chi connectivity index (χ1) is 13.3. The maximum absolute atomic E-state index is 12.1. The Kier molecular flexibility index (Phi) is 5.53. The summed E-state index contributed by atoms with van der Waals surface area (Å²) in [5.41, 5.74) is 0.768. The van der Waals surface area contributed by atoms with E-state index in [4.69, 9.17) is 5.11 Å². The molecule has 2 N–H and O–H groups in total. The van der Waals surface area contributed by atoms with Crippen LogP contribution in [0.5, 0.6) is 0 Å². The van der Waals surface area contributed by atoms with Crippen LogP contribution in [-0.2, 0) is 9.59 Å². The van der Waals surface area contributed by atoms with E-state index in [2.05, 4.69) is 28.6 Å². The average molecular weight is 383 g/mol. The van der Waals surface area contributed by atoms with Crippen molar-refractivity contribution in [2.24, 2.45) is 5.92 Å². The second kappa shape index (κ2) is 8.03. The smallest absolute Gasteiger partial charge is 0.337 e. The van der Waals surface area contributed by atoms with E-state index in [-0.39, 0.29) is 29.5 Å². The number of carbonyl (C=O) groups excluding carboxylic acids is 1. The Morgan fingerprint density at radius 3 is 2.64 bits per heavy atom. The summed E-state index contributed by atoms with van der Waals surface area (Å²) in [5, 5.41) is 27.4. The highest BCUT2D eigenvalue weighted by atomic mass is 16.5. The maximum Gasteiger partial charge on any atom is 0.337 e. The Morgan fingerprint density at radius 1 is 1.29 bits per heavy atom. The predicted octanol–water partition coefficient (Wildman–Crippen LogP) is 1.14. The molecule has 1 aliphatic heterocycles. The third kappa shape index (κ3) is 4.25. The van der Waals surface area contributed by atoms with Crippen LogP contribution in [-0.4, -0.2) is 40.2 Å².